The van der Waals surface area contributed by atoms with Gasteiger partial charge in [0.05, 0.1) is 13.7 Å². The summed E-state index contributed by atoms with van der Waals surface area (Å²) in [6.45, 7) is 3.49. The summed E-state index contributed by atoms with van der Waals surface area (Å²) in [5.74, 6) is 2.66. The fourth-order valence-electron chi connectivity index (χ4n) is 1.67. The Morgan fingerprint density at radius 2 is 2.24 bits per heavy atom. The van der Waals surface area contributed by atoms with Crippen LogP contribution in [-0.2, 0) is 0 Å². The molecular weight excluding hydrogens is 218 g/mol. The Balaban J connectivity index is 1.99. The first-order valence-corrected chi connectivity index (χ1v) is 6.10. The summed E-state index contributed by atoms with van der Waals surface area (Å²) in [6, 6.07) is 0. The minimum Gasteiger partial charge on any atom is -0.489 e. The third kappa shape index (κ3) is 3.22. The van der Waals surface area contributed by atoms with Crippen molar-refractivity contribution in [1.29, 1.82) is 0 Å². The maximum Gasteiger partial charge on any atom is 0.262 e. The molecule has 1 aliphatic rings. The lowest BCUT2D eigenvalue weighted by atomic mass is 10.3. The number of methoxy groups -OCH3 is 1. The number of nitrogens with one attached hydrogen (secondary N) is 1. The van der Waals surface area contributed by atoms with Crippen LogP contribution in [0, 0.1) is 5.92 Å². The molecule has 0 atom stereocenters. The van der Waals surface area contributed by atoms with Gasteiger partial charge in [0.1, 0.15) is 6.33 Å². The molecular formula is C12H19N3O2. The van der Waals surface area contributed by atoms with Gasteiger partial charge in [-0.25, -0.2) is 4.98 Å². The van der Waals surface area contributed by atoms with E-state index in [1.165, 1.54) is 19.2 Å². The molecule has 0 spiro atoms. The second kappa shape index (κ2) is 5.70. The number of aromatic nitrogens is 2. The molecule has 1 fully saturated rings. The molecule has 94 valence electrons. The van der Waals surface area contributed by atoms with Crippen LogP contribution in [-0.4, -0.2) is 30.2 Å². The SMILES string of the molecule is CCNc1ncnc(OCCC2CC2)c1OC. The van der Waals surface area contributed by atoms with Crippen molar-refractivity contribution in [2.75, 3.05) is 25.6 Å². The lowest BCUT2D eigenvalue weighted by molar-refractivity contribution is 0.271. The lowest BCUT2D eigenvalue weighted by Gasteiger charge is -2.12. The zero-order valence-electron chi connectivity index (χ0n) is 10.4. The van der Waals surface area contributed by atoms with Crippen LogP contribution >= 0.6 is 0 Å². The van der Waals surface area contributed by atoms with Crippen molar-refractivity contribution in [2.45, 2.75) is 26.2 Å². The molecule has 0 radical (unpaired) electrons. The monoisotopic (exact) mass is 237 g/mol. The molecule has 1 saturated carbocycles. The highest BCUT2D eigenvalue weighted by Gasteiger charge is 2.21. The molecule has 2 rings (SSSR count). The minimum absolute atomic E-state index is 0.527. The van der Waals surface area contributed by atoms with Gasteiger partial charge < -0.3 is 14.8 Å². The highest BCUT2D eigenvalue weighted by Crippen LogP contribution is 2.34. The smallest absolute Gasteiger partial charge is 0.262 e. The Morgan fingerprint density at radius 1 is 1.41 bits per heavy atom. The van der Waals surface area contributed by atoms with Gasteiger partial charge >= 0.3 is 0 Å². The van der Waals surface area contributed by atoms with Crippen LogP contribution in [0.5, 0.6) is 11.6 Å². The number of rotatable bonds is 7. The van der Waals surface area contributed by atoms with Crippen molar-refractivity contribution in [3.05, 3.63) is 6.33 Å². The van der Waals surface area contributed by atoms with E-state index in [9.17, 15) is 0 Å². The van der Waals surface area contributed by atoms with Crippen LogP contribution in [0.4, 0.5) is 5.82 Å². The molecule has 1 heterocycles. The quantitative estimate of drug-likeness (QED) is 0.787. The van der Waals surface area contributed by atoms with Crippen molar-refractivity contribution >= 4 is 5.82 Å². The van der Waals surface area contributed by atoms with Gasteiger partial charge in [0, 0.05) is 6.54 Å². The molecule has 1 N–H and O–H groups in total. The van der Waals surface area contributed by atoms with Gasteiger partial charge in [-0.05, 0) is 19.3 Å². The van der Waals surface area contributed by atoms with Gasteiger partial charge in [-0.1, -0.05) is 12.8 Å². The molecule has 1 aromatic rings. The fraction of sp³-hybridized carbons (Fsp3) is 0.667. The van der Waals surface area contributed by atoms with E-state index in [2.05, 4.69) is 15.3 Å². The molecule has 5 heteroatoms. The van der Waals surface area contributed by atoms with Gasteiger partial charge in [0.2, 0.25) is 5.75 Å². The predicted octanol–water partition coefficient (Wildman–Crippen LogP) is 2.10. The van der Waals surface area contributed by atoms with Gasteiger partial charge in [-0.3, -0.25) is 0 Å². The number of ether oxygens (including phenoxy) is 2. The number of nitrogens with zero attached hydrogens (tertiary/aromatic N) is 2. The van der Waals surface area contributed by atoms with Crippen LogP contribution in [0.1, 0.15) is 26.2 Å². The van der Waals surface area contributed by atoms with E-state index in [4.69, 9.17) is 9.47 Å². The van der Waals surface area contributed by atoms with E-state index >= 15 is 0 Å². The maximum atomic E-state index is 5.65. The molecule has 0 saturated heterocycles. The summed E-state index contributed by atoms with van der Waals surface area (Å²) in [5.41, 5.74) is 0. The van der Waals surface area contributed by atoms with E-state index in [1.807, 2.05) is 6.92 Å². The number of hydrogen-bond donors (Lipinski definition) is 1. The standard InChI is InChI=1S/C12H19N3O2/c1-3-13-11-10(16-2)12(15-8-14-11)17-7-6-9-4-5-9/h8-9H,3-7H2,1-2H3,(H,13,14,15). The molecule has 5 nitrogen and oxygen atoms in total. The summed E-state index contributed by atoms with van der Waals surface area (Å²) < 4.78 is 10.9. The van der Waals surface area contributed by atoms with Crippen LogP contribution in [0.25, 0.3) is 0 Å². The van der Waals surface area contributed by atoms with Crippen LogP contribution in [0.15, 0.2) is 6.33 Å². The minimum atomic E-state index is 0.527. The first-order valence-electron chi connectivity index (χ1n) is 6.10. The molecule has 0 aliphatic heterocycles. The summed E-state index contributed by atoms with van der Waals surface area (Å²) in [7, 11) is 1.60. The summed E-state index contributed by atoms with van der Waals surface area (Å²) >= 11 is 0. The average molecular weight is 237 g/mol. The largest absolute Gasteiger partial charge is 0.489 e. The second-order valence-electron chi connectivity index (χ2n) is 4.17. The third-order valence-corrected chi connectivity index (χ3v) is 2.78. The van der Waals surface area contributed by atoms with E-state index in [-0.39, 0.29) is 0 Å². The molecule has 1 aromatic heterocycles. The Bertz CT molecular complexity index is 367. The van der Waals surface area contributed by atoms with E-state index in [1.54, 1.807) is 7.11 Å². The topological polar surface area (TPSA) is 56.3 Å². The zero-order chi connectivity index (χ0) is 12.1. The summed E-state index contributed by atoms with van der Waals surface area (Å²) in [6.07, 6.45) is 5.27. The highest BCUT2D eigenvalue weighted by atomic mass is 16.5. The van der Waals surface area contributed by atoms with E-state index in [0.717, 1.165) is 18.9 Å². The highest BCUT2D eigenvalue weighted by molar-refractivity contribution is 5.54. The van der Waals surface area contributed by atoms with Crippen molar-refractivity contribution in [2.24, 2.45) is 5.92 Å². The first kappa shape index (κ1) is 12.0. The van der Waals surface area contributed by atoms with Crippen molar-refractivity contribution in [1.82, 2.24) is 9.97 Å². The van der Waals surface area contributed by atoms with Crippen LogP contribution in [0.2, 0.25) is 0 Å². The second-order valence-corrected chi connectivity index (χ2v) is 4.17. The van der Waals surface area contributed by atoms with Crippen LogP contribution in [0.3, 0.4) is 0 Å². The average Bonchev–Trinajstić information content (AvgIpc) is 3.14. The first-order chi connectivity index (χ1) is 8.35. The van der Waals surface area contributed by atoms with E-state index in [0.29, 0.717) is 24.1 Å². The molecule has 17 heavy (non-hydrogen) atoms. The van der Waals surface area contributed by atoms with Gasteiger partial charge in [-0.2, -0.15) is 4.98 Å². The Labute approximate surface area is 102 Å². The molecule has 1 aliphatic carbocycles. The van der Waals surface area contributed by atoms with Gasteiger partial charge in [-0.15, -0.1) is 0 Å². The predicted molar refractivity (Wildman–Crippen MR) is 65.6 cm³/mol. The van der Waals surface area contributed by atoms with Crippen molar-refractivity contribution < 1.29 is 9.47 Å². The van der Waals surface area contributed by atoms with Gasteiger partial charge in [0.15, 0.2) is 5.82 Å². The fourth-order valence-corrected chi connectivity index (χ4v) is 1.67. The Morgan fingerprint density at radius 3 is 2.88 bits per heavy atom. The van der Waals surface area contributed by atoms with Crippen molar-refractivity contribution in [3.8, 4) is 11.6 Å². The van der Waals surface area contributed by atoms with Crippen molar-refractivity contribution in [3.63, 3.8) is 0 Å². The maximum absolute atomic E-state index is 5.65. The Hall–Kier alpha value is -1.52. The van der Waals surface area contributed by atoms with Crippen LogP contribution < -0.4 is 14.8 Å². The zero-order valence-corrected chi connectivity index (χ0v) is 10.4. The van der Waals surface area contributed by atoms with E-state index < -0.39 is 0 Å². The number of anilines is 1. The molecule has 0 amide bonds. The summed E-state index contributed by atoms with van der Waals surface area (Å²) in [5, 5.41) is 3.12. The van der Waals surface area contributed by atoms with Gasteiger partial charge in [0.25, 0.3) is 5.88 Å². The normalized spacial score (nSPS) is 14.5. The summed E-state index contributed by atoms with van der Waals surface area (Å²) in [4.78, 5) is 8.24. The molecule has 0 aromatic carbocycles. The molecule has 0 unspecified atom stereocenters. The lowest BCUT2D eigenvalue weighted by Crippen LogP contribution is -2.07. The Kier molecular flexibility index (Phi) is 4.01. The number of hydrogen-bond acceptors (Lipinski definition) is 5. The molecule has 0 bridgehead atoms. The third-order valence-electron chi connectivity index (χ3n) is 2.78.